The van der Waals surface area contributed by atoms with Crippen LogP contribution in [0.25, 0.3) is 0 Å². The summed E-state index contributed by atoms with van der Waals surface area (Å²) in [6.45, 7) is 3.29. The van der Waals surface area contributed by atoms with E-state index in [4.69, 9.17) is 14.2 Å². The van der Waals surface area contributed by atoms with Gasteiger partial charge < -0.3 is 19.5 Å². The average molecular weight is 369 g/mol. The lowest BCUT2D eigenvalue weighted by Gasteiger charge is -2.18. The van der Waals surface area contributed by atoms with Gasteiger partial charge >= 0.3 is 5.97 Å². The number of carbonyl (C=O) groups is 2. The average Bonchev–Trinajstić information content (AvgIpc) is 3.52. The van der Waals surface area contributed by atoms with Crippen LogP contribution in [-0.4, -0.2) is 43.8 Å². The van der Waals surface area contributed by atoms with Gasteiger partial charge in [-0.3, -0.25) is 4.79 Å². The molecule has 2 aromatic rings. The number of esters is 1. The fourth-order valence-electron chi connectivity index (χ4n) is 2.58. The zero-order valence-electron chi connectivity index (χ0n) is 15.2. The first kappa shape index (κ1) is 18.9. The summed E-state index contributed by atoms with van der Waals surface area (Å²) in [6.07, 6.45) is 0.537. The summed E-state index contributed by atoms with van der Waals surface area (Å²) in [6, 6.07) is 15.5. The van der Waals surface area contributed by atoms with Crippen LogP contribution in [0.2, 0.25) is 0 Å². The van der Waals surface area contributed by atoms with Gasteiger partial charge in [0.1, 0.15) is 24.5 Å². The molecule has 6 heteroatoms. The minimum Gasteiger partial charge on any atom is -0.491 e. The van der Waals surface area contributed by atoms with Crippen LogP contribution in [-0.2, 0) is 20.7 Å². The molecule has 0 aromatic heterocycles. The molecule has 1 N–H and O–H groups in total. The van der Waals surface area contributed by atoms with Crippen LogP contribution >= 0.6 is 0 Å². The molecule has 2 aromatic carbocycles. The van der Waals surface area contributed by atoms with Crippen molar-refractivity contribution in [1.29, 1.82) is 0 Å². The molecule has 1 saturated heterocycles. The van der Waals surface area contributed by atoms with E-state index < -0.39 is 12.0 Å². The fourth-order valence-corrected chi connectivity index (χ4v) is 2.58. The largest absolute Gasteiger partial charge is 0.491 e. The Morgan fingerprint density at radius 1 is 1.15 bits per heavy atom. The lowest BCUT2D eigenvalue weighted by atomic mass is 10.0. The molecule has 0 bridgehead atoms. The molecule has 2 unspecified atom stereocenters. The number of benzene rings is 2. The zero-order valence-corrected chi connectivity index (χ0v) is 15.2. The van der Waals surface area contributed by atoms with Crippen molar-refractivity contribution in [1.82, 2.24) is 5.32 Å². The van der Waals surface area contributed by atoms with Gasteiger partial charge in [0.2, 0.25) is 0 Å². The predicted octanol–water partition coefficient (Wildman–Crippen LogP) is 2.37. The van der Waals surface area contributed by atoms with Gasteiger partial charge in [-0.25, -0.2) is 4.79 Å². The molecule has 1 aliphatic heterocycles. The molecule has 0 aliphatic carbocycles. The fraction of sp³-hybridized carbons (Fsp3) is 0.333. The lowest BCUT2D eigenvalue weighted by molar-refractivity contribution is -0.145. The van der Waals surface area contributed by atoms with Gasteiger partial charge in [-0.2, -0.15) is 0 Å². The normalized spacial score (nSPS) is 16.3. The van der Waals surface area contributed by atoms with Gasteiger partial charge in [0.25, 0.3) is 5.91 Å². The summed E-state index contributed by atoms with van der Waals surface area (Å²) in [4.78, 5) is 24.7. The summed E-state index contributed by atoms with van der Waals surface area (Å²) in [5, 5.41) is 2.77. The molecule has 1 heterocycles. The second-order valence-corrected chi connectivity index (χ2v) is 6.26. The van der Waals surface area contributed by atoms with Gasteiger partial charge in [0, 0.05) is 12.0 Å². The summed E-state index contributed by atoms with van der Waals surface area (Å²) < 4.78 is 15.8. The van der Waals surface area contributed by atoms with Crippen LogP contribution in [0.15, 0.2) is 54.6 Å². The standard InChI is InChI=1S/C21H23NO5/c1-2-25-21(24)19(22-20(23)16-6-4-3-5-7-16)12-15-8-10-17(11-9-15)26-13-18-14-27-18/h3-11,18-19H,2,12-14H2,1H3,(H,22,23). The van der Waals surface area contributed by atoms with Crippen molar-refractivity contribution >= 4 is 11.9 Å². The summed E-state index contributed by atoms with van der Waals surface area (Å²) >= 11 is 0. The smallest absolute Gasteiger partial charge is 0.328 e. The van der Waals surface area contributed by atoms with Crippen molar-refractivity contribution in [3.05, 3.63) is 65.7 Å². The SMILES string of the molecule is CCOC(=O)C(Cc1ccc(OCC2CO2)cc1)NC(=O)c1ccccc1. The van der Waals surface area contributed by atoms with Crippen molar-refractivity contribution in [2.75, 3.05) is 19.8 Å². The Labute approximate surface area is 158 Å². The summed E-state index contributed by atoms with van der Waals surface area (Å²) in [7, 11) is 0. The maximum Gasteiger partial charge on any atom is 0.328 e. The van der Waals surface area contributed by atoms with E-state index in [2.05, 4.69) is 5.32 Å². The van der Waals surface area contributed by atoms with E-state index in [0.29, 0.717) is 18.6 Å². The van der Waals surface area contributed by atoms with E-state index in [1.807, 2.05) is 30.3 Å². The van der Waals surface area contributed by atoms with Crippen molar-refractivity contribution < 1.29 is 23.8 Å². The third-order valence-electron chi connectivity index (χ3n) is 4.11. The number of hydrogen-bond acceptors (Lipinski definition) is 5. The number of epoxide rings is 1. The minimum absolute atomic E-state index is 0.200. The maximum absolute atomic E-state index is 12.4. The Kier molecular flexibility index (Phi) is 6.44. The van der Waals surface area contributed by atoms with E-state index in [1.54, 1.807) is 31.2 Å². The molecule has 142 valence electrons. The number of amides is 1. The van der Waals surface area contributed by atoms with E-state index in [1.165, 1.54) is 0 Å². The van der Waals surface area contributed by atoms with Crippen molar-refractivity contribution in [3.8, 4) is 5.75 Å². The maximum atomic E-state index is 12.4. The third-order valence-corrected chi connectivity index (χ3v) is 4.11. The number of rotatable bonds is 9. The van der Waals surface area contributed by atoms with E-state index in [9.17, 15) is 9.59 Å². The first-order chi connectivity index (χ1) is 13.2. The lowest BCUT2D eigenvalue weighted by Crippen LogP contribution is -2.43. The molecule has 1 fully saturated rings. The van der Waals surface area contributed by atoms with E-state index in [-0.39, 0.29) is 18.6 Å². The van der Waals surface area contributed by atoms with Gasteiger partial charge in [0.05, 0.1) is 13.2 Å². The first-order valence-electron chi connectivity index (χ1n) is 9.01. The highest BCUT2D eigenvalue weighted by Crippen LogP contribution is 2.17. The van der Waals surface area contributed by atoms with Crippen LogP contribution in [0.5, 0.6) is 5.75 Å². The molecule has 27 heavy (non-hydrogen) atoms. The van der Waals surface area contributed by atoms with Crippen LogP contribution in [0.4, 0.5) is 0 Å². The Bertz CT molecular complexity index is 756. The second-order valence-electron chi connectivity index (χ2n) is 6.26. The highest BCUT2D eigenvalue weighted by Gasteiger charge is 2.24. The highest BCUT2D eigenvalue weighted by atomic mass is 16.6. The number of ether oxygens (including phenoxy) is 3. The minimum atomic E-state index is -0.760. The van der Waals surface area contributed by atoms with Crippen LogP contribution in [0.3, 0.4) is 0 Å². The van der Waals surface area contributed by atoms with Gasteiger partial charge in [-0.1, -0.05) is 30.3 Å². The highest BCUT2D eigenvalue weighted by molar-refractivity contribution is 5.96. The van der Waals surface area contributed by atoms with E-state index in [0.717, 1.165) is 17.9 Å². The Hall–Kier alpha value is -2.86. The molecule has 3 rings (SSSR count). The number of nitrogens with one attached hydrogen (secondary N) is 1. The topological polar surface area (TPSA) is 77.2 Å². The van der Waals surface area contributed by atoms with E-state index >= 15 is 0 Å². The third kappa shape index (κ3) is 5.82. The number of hydrogen-bond donors (Lipinski definition) is 1. The molecule has 1 aliphatic rings. The number of carbonyl (C=O) groups excluding carboxylic acids is 2. The zero-order chi connectivity index (χ0) is 19.1. The van der Waals surface area contributed by atoms with Gasteiger partial charge in [0.15, 0.2) is 0 Å². The van der Waals surface area contributed by atoms with Crippen molar-refractivity contribution in [2.24, 2.45) is 0 Å². The van der Waals surface area contributed by atoms with Crippen molar-refractivity contribution in [2.45, 2.75) is 25.5 Å². The predicted molar refractivity (Wildman–Crippen MR) is 99.7 cm³/mol. The Morgan fingerprint density at radius 2 is 1.85 bits per heavy atom. The van der Waals surface area contributed by atoms with Crippen LogP contribution in [0, 0.1) is 0 Å². The molecule has 2 atom stereocenters. The molecular formula is C21H23NO5. The molecule has 0 saturated carbocycles. The summed E-state index contributed by atoms with van der Waals surface area (Å²) in [5.41, 5.74) is 1.40. The van der Waals surface area contributed by atoms with Crippen LogP contribution < -0.4 is 10.1 Å². The Balaban J connectivity index is 1.63. The molecule has 6 nitrogen and oxygen atoms in total. The summed E-state index contributed by atoms with van der Waals surface area (Å²) in [5.74, 6) is -0.0127. The quantitative estimate of drug-likeness (QED) is 0.542. The van der Waals surface area contributed by atoms with Crippen molar-refractivity contribution in [3.63, 3.8) is 0 Å². The monoisotopic (exact) mass is 369 g/mol. The van der Waals surface area contributed by atoms with Gasteiger partial charge in [-0.15, -0.1) is 0 Å². The van der Waals surface area contributed by atoms with Crippen LogP contribution in [0.1, 0.15) is 22.8 Å². The second kappa shape index (κ2) is 9.19. The molecule has 0 radical (unpaired) electrons. The molecular weight excluding hydrogens is 346 g/mol. The molecule has 1 amide bonds. The molecule has 0 spiro atoms. The van der Waals surface area contributed by atoms with Gasteiger partial charge in [-0.05, 0) is 36.8 Å². The first-order valence-corrected chi connectivity index (χ1v) is 9.01. The Morgan fingerprint density at radius 3 is 2.48 bits per heavy atom.